The van der Waals surface area contributed by atoms with Crippen molar-refractivity contribution in [3.05, 3.63) is 53.6 Å². The van der Waals surface area contributed by atoms with E-state index in [9.17, 15) is 9.00 Å². The number of hydrogen-bond donors (Lipinski definition) is 2. The Balaban J connectivity index is 1.47. The van der Waals surface area contributed by atoms with Crippen molar-refractivity contribution in [2.45, 2.75) is 25.3 Å². The minimum atomic E-state index is -1.08. The maximum atomic E-state index is 12.9. The fraction of sp³-hybridized carbons (Fsp3) is 0.407. The molecule has 190 valence electrons. The van der Waals surface area contributed by atoms with E-state index in [-0.39, 0.29) is 11.3 Å². The van der Waals surface area contributed by atoms with Gasteiger partial charge in [-0.15, -0.1) is 0 Å². The number of hydrogen-bond acceptors (Lipinski definition) is 7. The highest BCUT2D eigenvalue weighted by Gasteiger charge is 2.38. The van der Waals surface area contributed by atoms with Crippen LogP contribution in [0.3, 0.4) is 0 Å². The normalized spacial score (nSPS) is 18.6. The van der Waals surface area contributed by atoms with Gasteiger partial charge in [0.15, 0.2) is 0 Å². The molecule has 0 spiro atoms. The zero-order chi connectivity index (χ0) is 25.3. The minimum absolute atomic E-state index is 0.0380. The smallest absolute Gasteiger partial charge is 0.216 e. The molecule has 3 heterocycles. The van der Waals surface area contributed by atoms with E-state index in [4.69, 9.17) is 14.5 Å². The average molecular weight is 509 g/mol. The molecule has 2 aliphatic heterocycles. The third-order valence-electron chi connectivity index (χ3n) is 6.88. The predicted molar refractivity (Wildman–Crippen MR) is 142 cm³/mol. The Labute approximate surface area is 213 Å². The Morgan fingerprint density at radius 1 is 1.19 bits per heavy atom. The molecule has 2 aliphatic rings. The Morgan fingerprint density at radius 2 is 2.03 bits per heavy atom. The molecule has 1 fully saturated rings. The monoisotopic (exact) mass is 508 g/mol. The van der Waals surface area contributed by atoms with Crippen LogP contribution in [0.1, 0.15) is 18.1 Å². The molecule has 2 aromatic carbocycles. The topological polar surface area (TPSA) is 92.8 Å². The largest absolute Gasteiger partial charge is 0.497 e. The molecule has 8 nitrogen and oxygen atoms in total. The van der Waals surface area contributed by atoms with Crippen molar-refractivity contribution >= 4 is 39.1 Å². The molecule has 1 aromatic heterocycles. The van der Waals surface area contributed by atoms with Crippen molar-refractivity contribution in [2.75, 3.05) is 55.9 Å². The molecule has 5 rings (SSSR count). The number of benzene rings is 2. The van der Waals surface area contributed by atoms with E-state index in [0.717, 1.165) is 44.2 Å². The summed E-state index contributed by atoms with van der Waals surface area (Å²) in [6, 6.07) is 14.1. The van der Waals surface area contributed by atoms with E-state index in [1.54, 1.807) is 7.11 Å². The van der Waals surface area contributed by atoms with Gasteiger partial charge in [-0.05, 0) is 42.8 Å². The number of carbonyl (C=O) groups excluding carboxylic acids is 1. The maximum absolute atomic E-state index is 12.9. The van der Waals surface area contributed by atoms with Crippen LogP contribution in [0.25, 0.3) is 10.9 Å². The molecule has 0 aliphatic carbocycles. The van der Waals surface area contributed by atoms with E-state index in [1.165, 1.54) is 6.92 Å². The van der Waals surface area contributed by atoms with Gasteiger partial charge in [0.1, 0.15) is 11.6 Å². The lowest BCUT2D eigenvalue weighted by molar-refractivity contribution is -0.125. The lowest BCUT2D eigenvalue weighted by Gasteiger charge is -2.41. The number of anilines is 2. The van der Waals surface area contributed by atoms with E-state index in [1.807, 2.05) is 24.3 Å². The van der Waals surface area contributed by atoms with Gasteiger partial charge >= 0.3 is 0 Å². The van der Waals surface area contributed by atoms with Gasteiger partial charge in [-0.25, -0.2) is 4.98 Å². The van der Waals surface area contributed by atoms with Crippen LogP contribution in [0.5, 0.6) is 5.75 Å². The number of aromatic nitrogens is 1. The highest BCUT2D eigenvalue weighted by atomic mass is 32.2. The lowest BCUT2D eigenvalue weighted by atomic mass is 9.85. The fourth-order valence-corrected chi connectivity index (χ4v) is 5.94. The molecule has 2 N–H and O–H groups in total. The first-order valence-electron chi connectivity index (χ1n) is 12.1. The summed E-state index contributed by atoms with van der Waals surface area (Å²) >= 11 is 0. The van der Waals surface area contributed by atoms with Gasteiger partial charge < -0.3 is 25.0 Å². The van der Waals surface area contributed by atoms with Crippen molar-refractivity contribution in [3.8, 4) is 5.75 Å². The molecule has 1 atom stereocenters. The predicted octanol–water partition coefficient (Wildman–Crippen LogP) is 3.24. The summed E-state index contributed by atoms with van der Waals surface area (Å²) in [6.07, 6.45) is 0. The molecule has 0 saturated carbocycles. The van der Waals surface area contributed by atoms with Crippen molar-refractivity contribution in [3.63, 3.8) is 0 Å². The first-order valence-corrected chi connectivity index (χ1v) is 13.5. The highest BCUT2D eigenvalue weighted by molar-refractivity contribution is 7.85. The number of aryl methyl sites for hydroxylation is 1. The molecule has 1 saturated heterocycles. The number of rotatable bonds is 7. The van der Waals surface area contributed by atoms with Crippen LogP contribution >= 0.6 is 0 Å². The third kappa shape index (κ3) is 5.03. The van der Waals surface area contributed by atoms with Gasteiger partial charge in [-0.1, -0.05) is 11.6 Å². The van der Waals surface area contributed by atoms with Crippen LogP contribution in [0.4, 0.5) is 11.5 Å². The second kappa shape index (κ2) is 10.1. The van der Waals surface area contributed by atoms with Gasteiger partial charge in [0.05, 0.1) is 42.1 Å². The van der Waals surface area contributed by atoms with E-state index >= 15 is 0 Å². The van der Waals surface area contributed by atoms with Crippen molar-refractivity contribution in [2.24, 2.45) is 5.41 Å². The van der Waals surface area contributed by atoms with E-state index < -0.39 is 10.8 Å². The second-order valence-corrected chi connectivity index (χ2v) is 11.3. The lowest BCUT2D eigenvalue weighted by Crippen LogP contribution is -2.54. The number of fused-ring (bicyclic) bond motifs is 2. The Kier molecular flexibility index (Phi) is 6.85. The molecular formula is C27H32N4O4S. The summed E-state index contributed by atoms with van der Waals surface area (Å²) in [5, 5.41) is 7.64. The molecule has 9 heteroatoms. The van der Waals surface area contributed by atoms with Crippen LogP contribution in [0, 0.1) is 12.3 Å². The standard InChI is InChI=1S/C27H32N4O4S/c1-18-4-6-23-22(10-18)24(29-15-27(16-35-17-27)14-28-19(2)32)12-26(30-23)31-8-9-36(33)25-7-5-21(34-3)11-20(25)13-31/h4-7,10-12H,8-9,13-17H2,1-3H3,(H,28,32)(H,29,30). The molecule has 36 heavy (non-hydrogen) atoms. The number of amides is 1. The van der Waals surface area contributed by atoms with Crippen molar-refractivity contribution in [1.82, 2.24) is 10.3 Å². The number of methoxy groups -OCH3 is 1. The van der Waals surface area contributed by atoms with Crippen LogP contribution in [0.2, 0.25) is 0 Å². The van der Waals surface area contributed by atoms with E-state index in [0.29, 0.717) is 45.1 Å². The molecule has 0 bridgehead atoms. The summed E-state index contributed by atoms with van der Waals surface area (Å²) < 4.78 is 23.9. The first kappa shape index (κ1) is 24.5. The van der Waals surface area contributed by atoms with Crippen LogP contribution in [-0.2, 0) is 26.9 Å². The number of ether oxygens (including phenoxy) is 2. The van der Waals surface area contributed by atoms with Gasteiger partial charge in [-0.3, -0.25) is 9.00 Å². The quantitative estimate of drug-likeness (QED) is 0.506. The average Bonchev–Trinajstić information content (AvgIpc) is 3.01. The SMILES string of the molecule is COc1ccc2c(c1)CN(c1cc(NCC3(CNC(C)=O)COC3)c3cc(C)ccc3n1)CCS2=O. The number of carbonyl (C=O) groups is 1. The number of pyridine rings is 1. The van der Waals surface area contributed by atoms with Crippen LogP contribution < -0.4 is 20.3 Å². The summed E-state index contributed by atoms with van der Waals surface area (Å²) in [5.41, 5.74) is 3.90. The van der Waals surface area contributed by atoms with Gasteiger partial charge in [-0.2, -0.15) is 0 Å². The zero-order valence-corrected chi connectivity index (χ0v) is 21.7. The zero-order valence-electron chi connectivity index (χ0n) is 20.9. The number of nitrogens with one attached hydrogen (secondary N) is 2. The number of nitrogens with zero attached hydrogens (tertiary/aromatic N) is 2. The molecule has 3 aromatic rings. The maximum Gasteiger partial charge on any atom is 0.216 e. The summed E-state index contributed by atoms with van der Waals surface area (Å²) in [4.78, 5) is 19.5. The minimum Gasteiger partial charge on any atom is -0.497 e. The molecule has 1 unspecified atom stereocenters. The van der Waals surface area contributed by atoms with Crippen molar-refractivity contribution < 1.29 is 18.5 Å². The first-order chi connectivity index (χ1) is 17.4. The fourth-order valence-electron chi connectivity index (χ4n) is 4.70. The highest BCUT2D eigenvalue weighted by Crippen LogP contribution is 2.33. The van der Waals surface area contributed by atoms with Gasteiger partial charge in [0.25, 0.3) is 0 Å². The third-order valence-corrected chi connectivity index (χ3v) is 8.32. The van der Waals surface area contributed by atoms with Crippen LogP contribution in [-0.4, -0.2) is 60.8 Å². The summed E-state index contributed by atoms with van der Waals surface area (Å²) in [7, 11) is 0.566. The molecule has 0 radical (unpaired) electrons. The van der Waals surface area contributed by atoms with E-state index in [2.05, 4.69) is 40.7 Å². The second-order valence-electron chi connectivity index (χ2n) is 9.75. The Morgan fingerprint density at radius 3 is 2.75 bits per heavy atom. The summed E-state index contributed by atoms with van der Waals surface area (Å²) in [6.45, 7) is 7.29. The van der Waals surface area contributed by atoms with Crippen molar-refractivity contribution in [1.29, 1.82) is 0 Å². The molecule has 1 amide bonds. The van der Waals surface area contributed by atoms with Gasteiger partial charge in [0.2, 0.25) is 5.91 Å². The van der Waals surface area contributed by atoms with Crippen LogP contribution in [0.15, 0.2) is 47.4 Å². The molecular weight excluding hydrogens is 476 g/mol. The van der Waals surface area contributed by atoms with Gasteiger partial charge in [0, 0.05) is 60.9 Å². The Bertz CT molecular complexity index is 1320. The summed E-state index contributed by atoms with van der Waals surface area (Å²) in [5.74, 6) is 2.09. The Hall–Kier alpha value is -3.17.